The van der Waals surface area contributed by atoms with Crippen LogP contribution in [-0.2, 0) is 25.7 Å². The Balaban J connectivity index is 1.76. The monoisotopic (exact) mass is 560 g/mol. The van der Waals surface area contributed by atoms with Crippen LogP contribution in [0.1, 0.15) is 24.8 Å². The third kappa shape index (κ3) is 9.18. The Morgan fingerprint density at radius 3 is 2.74 bits per heavy atom. The van der Waals surface area contributed by atoms with Crippen LogP contribution in [0.25, 0.3) is 10.8 Å². The minimum atomic E-state index is -1.17. The smallest absolute Gasteiger partial charge is 0.328 e. The number of fused-ring (bicyclic) bond motifs is 1. The molecular weight excluding hydrogens is 520 g/mol. The van der Waals surface area contributed by atoms with Gasteiger partial charge in [0.05, 0.1) is 19.7 Å². The van der Waals surface area contributed by atoms with E-state index in [1.165, 1.54) is 11.8 Å². The minimum Gasteiger partial charge on any atom is -0.461 e. The van der Waals surface area contributed by atoms with Crippen molar-refractivity contribution in [2.24, 2.45) is 5.73 Å². The molecule has 3 rings (SSSR count). The van der Waals surface area contributed by atoms with Crippen LogP contribution in [0.3, 0.4) is 0 Å². The second-order valence-electron chi connectivity index (χ2n) is 9.76. The van der Waals surface area contributed by atoms with Crippen LogP contribution in [-0.4, -0.2) is 107 Å². The molecule has 1 heterocycles. The van der Waals surface area contributed by atoms with E-state index >= 15 is 0 Å². The summed E-state index contributed by atoms with van der Waals surface area (Å²) in [5.41, 5.74) is 6.70. The molecule has 2 aromatic carbocycles. The highest BCUT2D eigenvalue weighted by Gasteiger charge is 2.31. The second-order valence-corrected chi connectivity index (χ2v) is 10.7. The molecule has 0 saturated carbocycles. The van der Waals surface area contributed by atoms with Gasteiger partial charge in [-0.05, 0) is 47.6 Å². The Labute approximate surface area is 233 Å². The number of esters is 1. The van der Waals surface area contributed by atoms with Crippen LogP contribution < -0.4 is 11.1 Å². The average molecular weight is 561 g/mol. The van der Waals surface area contributed by atoms with E-state index in [-0.39, 0.29) is 37.6 Å². The third-order valence-corrected chi connectivity index (χ3v) is 7.49. The molecule has 2 amide bonds. The van der Waals surface area contributed by atoms with Gasteiger partial charge in [-0.1, -0.05) is 42.5 Å². The number of thioether (sulfide) groups is 1. The van der Waals surface area contributed by atoms with Gasteiger partial charge < -0.3 is 30.9 Å². The molecule has 0 aromatic heterocycles. The van der Waals surface area contributed by atoms with E-state index < -0.39 is 24.7 Å². The molecule has 0 aliphatic carbocycles. The second kappa shape index (κ2) is 15.8. The average Bonchev–Trinajstić information content (AvgIpc) is 3.41. The number of nitrogens with zero attached hydrogens (tertiary/aromatic N) is 2. The van der Waals surface area contributed by atoms with E-state index in [0.717, 1.165) is 29.2 Å². The van der Waals surface area contributed by atoms with Gasteiger partial charge in [-0.3, -0.25) is 14.5 Å². The maximum absolute atomic E-state index is 13.3. The fourth-order valence-electron chi connectivity index (χ4n) is 4.88. The molecule has 1 aliphatic heterocycles. The van der Waals surface area contributed by atoms with Gasteiger partial charge in [0.2, 0.25) is 11.8 Å². The Morgan fingerprint density at radius 2 is 2.00 bits per heavy atom. The summed E-state index contributed by atoms with van der Waals surface area (Å²) >= 11 is 1.54. The van der Waals surface area contributed by atoms with Crippen molar-refractivity contribution < 1.29 is 29.3 Å². The lowest BCUT2D eigenvalue weighted by molar-refractivity contribution is -0.151. The highest BCUT2D eigenvalue weighted by atomic mass is 32.2. The number of likely N-dealkylation sites (tertiary alicyclic amines) is 1. The number of hydrogen-bond acceptors (Lipinski definition) is 9. The number of aliphatic hydroxyl groups excluding tert-OH is 2. The van der Waals surface area contributed by atoms with Crippen molar-refractivity contribution >= 4 is 40.3 Å². The first-order valence-electron chi connectivity index (χ1n) is 13.3. The fraction of sp³-hybridized carbons (Fsp3) is 0.536. The van der Waals surface area contributed by atoms with Crippen molar-refractivity contribution in [2.45, 2.75) is 44.0 Å². The fourth-order valence-corrected chi connectivity index (χ4v) is 5.36. The summed E-state index contributed by atoms with van der Waals surface area (Å²) in [7, 11) is 0. The van der Waals surface area contributed by atoms with Gasteiger partial charge in [-0.2, -0.15) is 11.8 Å². The lowest BCUT2D eigenvalue weighted by Crippen LogP contribution is -2.50. The van der Waals surface area contributed by atoms with Crippen molar-refractivity contribution in [1.29, 1.82) is 0 Å². The number of amides is 2. The van der Waals surface area contributed by atoms with Crippen molar-refractivity contribution in [2.75, 3.05) is 51.4 Å². The van der Waals surface area contributed by atoms with E-state index in [0.29, 0.717) is 31.8 Å². The molecule has 0 radical (unpaired) electrons. The summed E-state index contributed by atoms with van der Waals surface area (Å²) in [6.45, 7) is 0.724. The molecular formula is C28H40N4O6S. The largest absolute Gasteiger partial charge is 0.461 e. The number of nitrogens with two attached hydrogens (primary N) is 1. The molecule has 39 heavy (non-hydrogen) atoms. The standard InChI is InChI=1S/C28H40N4O6S/c1-39-13-11-25(28(37)38-19-23(34)18-33)30-26(35)17-31(16-22-9-5-12-32(22)27(36)14-29)15-21-8-4-7-20-6-2-3-10-24(20)21/h2-4,6-8,10,22-23,25,33-34H,5,9,11-19,29H2,1H3,(H,30,35)/t22-,23?,25-/m0/s1. The number of rotatable bonds is 15. The maximum Gasteiger partial charge on any atom is 0.328 e. The zero-order valence-corrected chi connectivity index (χ0v) is 23.3. The summed E-state index contributed by atoms with van der Waals surface area (Å²) in [5.74, 6) is -0.464. The van der Waals surface area contributed by atoms with Crippen LogP contribution in [0.5, 0.6) is 0 Å². The van der Waals surface area contributed by atoms with Crippen molar-refractivity contribution in [3.63, 3.8) is 0 Å². The number of carbonyl (C=O) groups excluding carboxylic acids is 3. The maximum atomic E-state index is 13.3. The first kappa shape index (κ1) is 30.8. The molecule has 1 fully saturated rings. The van der Waals surface area contributed by atoms with E-state index in [9.17, 15) is 19.5 Å². The van der Waals surface area contributed by atoms with Gasteiger partial charge >= 0.3 is 5.97 Å². The molecule has 5 N–H and O–H groups in total. The van der Waals surface area contributed by atoms with Crippen LogP contribution in [0.2, 0.25) is 0 Å². The zero-order valence-electron chi connectivity index (χ0n) is 22.5. The Kier molecular flexibility index (Phi) is 12.5. The van der Waals surface area contributed by atoms with Gasteiger partial charge in [0.15, 0.2) is 0 Å². The Bertz CT molecular complexity index is 1100. The zero-order chi connectivity index (χ0) is 28.2. The quantitative estimate of drug-likeness (QED) is 0.232. The number of ether oxygens (including phenoxy) is 1. The van der Waals surface area contributed by atoms with Crippen LogP contribution in [0, 0.1) is 0 Å². The van der Waals surface area contributed by atoms with Crippen LogP contribution >= 0.6 is 11.8 Å². The van der Waals surface area contributed by atoms with Gasteiger partial charge in [-0.25, -0.2) is 4.79 Å². The van der Waals surface area contributed by atoms with E-state index in [1.54, 1.807) is 4.90 Å². The molecule has 214 valence electrons. The van der Waals surface area contributed by atoms with Crippen LogP contribution in [0.4, 0.5) is 0 Å². The van der Waals surface area contributed by atoms with Crippen molar-refractivity contribution in [1.82, 2.24) is 15.1 Å². The minimum absolute atomic E-state index is 0.0205. The summed E-state index contributed by atoms with van der Waals surface area (Å²) in [4.78, 5) is 42.2. The van der Waals surface area contributed by atoms with Crippen molar-refractivity contribution in [3.05, 3.63) is 48.0 Å². The normalized spacial score (nSPS) is 16.8. The van der Waals surface area contributed by atoms with Crippen molar-refractivity contribution in [3.8, 4) is 0 Å². The molecule has 1 unspecified atom stereocenters. The summed E-state index contributed by atoms with van der Waals surface area (Å²) in [6.07, 6.45) is 2.81. The molecule has 10 nitrogen and oxygen atoms in total. The molecule has 0 spiro atoms. The first-order valence-corrected chi connectivity index (χ1v) is 14.7. The third-order valence-electron chi connectivity index (χ3n) is 6.84. The SMILES string of the molecule is CSCC[C@H](NC(=O)CN(Cc1cccc2ccccc12)C[C@@H]1CCCN1C(=O)CN)C(=O)OCC(O)CO. The lowest BCUT2D eigenvalue weighted by Gasteiger charge is -2.31. The Morgan fingerprint density at radius 1 is 1.23 bits per heavy atom. The van der Waals surface area contributed by atoms with E-state index in [2.05, 4.69) is 11.4 Å². The first-order chi connectivity index (χ1) is 18.9. The number of benzene rings is 2. The summed E-state index contributed by atoms with van der Waals surface area (Å²) < 4.78 is 5.12. The summed E-state index contributed by atoms with van der Waals surface area (Å²) in [5, 5.41) is 23.5. The molecule has 11 heteroatoms. The van der Waals surface area contributed by atoms with Gasteiger partial charge in [0.1, 0.15) is 18.8 Å². The number of nitrogens with one attached hydrogen (secondary N) is 1. The van der Waals surface area contributed by atoms with E-state index in [4.69, 9.17) is 15.6 Å². The van der Waals surface area contributed by atoms with Gasteiger partial charge in [-0.15, -0.1) is 0 Å². The Hall–Kier alpha value is -2.70. The molecule has 0 bridgehead atoms. The highest BCUT2D eigenvalue weighted by molar-refractivity contribution is 7.98. The van der Waals surface area contributed by atoms with Gasteiger partial charge in [0, 0.05) is 25.7 Å². The number of hydrogen-bond donors (Lipinski definition) is 4. The van der Waals surface area contributed by atoms with E-state index in [1.807, 2.05) is 47.6 Å². The van der Waals surface area contributed by atoms with Crippen LogP contribution in [0.15, 0.2) is 42.5 Å². The molecule has 3 atom stereocenters. The molecule has 1 saturated heterocycles. The van der Waals surface area contributed by atoms with Gasteiger partial charge in [0.25, 0.3) is 0 Å². The topological polar surface area (TPSA) is 145 Å². The lowest BCUT2D eigenvalue weighted by atomic mass is 10.0. The predicted octanol–water partition coefficient (Wildman–Crippen LogP) is 0.726. The molecule has 1 aliphatic rings. The number of carbonyl (C=O) groups is 3. The molecule has 2 aromatic rings. The predicted molar refractivity (Wildman–Crippen MR) is 152 cm³/mol. The highest BCUT2D eigenvalue weighted by Crippen LogP contribution is 2.23. The number of aliphatic hydroxyl groups is 2. The summed E-state index contributed by atoms with van der Waals surface area (Å²) in [6, 6.07) is 13.2.